The fourth-order valence-electron chi connectivity index (χ4n) is 3.21. The summed E-state index contributed by atoms with van der Waals surface area (Å²) in [7, 11) is -1.53. The molecule has 0 saturated heterocycles. The smallest absolute Gasteiger partial charge is 0.192 e. The maximum Gasteiger partial charge on any atom is 0.192 e. The molecule has 0 bridgehead atoms. The molecule has 0 amide bonds. The minimum Gasteiger partial charge on any atom is -0.414 e. The molecule has 0 radical (unpaired) electrons. The van der Waals surface area contributed by atoms with Gasteiger partial charge in [-0.1, -0.05) is 33.6 Å². The zero-order valence-electron chi connectivity index (χ0n) is 11.7. The minimum absolute atomic E-state index is 0.365. The summed E-state index contributed by atoms with van der Waals surface area (Å²) in [6, 6.07) is 0. The summed E-state index contributed by atoms with van der Waals surface area (Å²) in [5, 5.41) is 0.365. The standard InChI is InChI=1S/C14H28OSi/c1-14(2,3)16(4,5)15-13-10-9-11-7-6-8-12(11)13/h11-13H,6-10H2,1-5H3. The van der Waals surface area contributed by atoms with Crippen LogP contribution in [0.2, 0.25) is 18.1 Å². The second-order valence-corrected chi connectivity index (χ2v) is 12.1. The molecule has 2 heteroatoms. The first-order valence-electron chi connectivity index (χ1n) is 6.99. The molecule has 16 heavy (non-hydrogen) atoms. The van der Waals surface area contributed by atoms with Crippen LogP contribution in [-0.2, 0) is 4.43 Å². The van der Waals surface area contributed by atoms with Crippen molar-refractivity contribution in [2.45, 2.75) is 77.1 Å². The number of hydrogen-bond donors (Lipinski definition) is 0. The monoisotopic (exact) mass is 240 g/mol. The summed E-state index contributed by atoms with van der Waals surface area (Å²) in [6.07, 6.45) is 7.73. The van der Waals surface area contributed by atoms with E-state index in [2.05, 4.69) is 33.9 Å². The van der Waals surface area contributed by atoms with Crippen LogP contribution in [-0.4, -0.2) is 14.4 Å². The maximum atomic E-state index is 6.62. The van der Waals surface area contributed by atoms with Gasteiger partial charge in [0, 0.05) is 6.10 Å². The molecule has 3 atom stereocenters. The van der Waals surface area contributed by atoms with Crippen molar-refractivity contribution in [1.29, 1.82) is 0 Å². The first kappa shape index (κ1) is 12.6. The van der Waals surface area contributed by atoms with Crippen LogP contribution in [0.3, 0.4) is 0 Å². The Balaban J connectivity index is 2.00. The van der Waals surface area contributed by atoms with Gasteiger partial charge in [0.1, 0.15) is 0 Å². The summed E-state index contributed by atoms with van der Waals surface area (Å²) in [6.45, 7) is 11.8. The van der Waals surface area contributed by atoms with Crippen molar-refractivity contribution in [1.82, 2.24) is 0 Å². The average molecular weight is 240 g/mol. The van der Waals surface area contributed by atoms with Crippen LogP contribution in [0.1, 0.15) is 52.9 Å². The Morgan fingerprint density at radius 1 is 1.00 bits per heavy atom. The lowest BCUT2D eigenvalue weighted by Gasteiger charge is -2.39. The van der Waals surface area contributed by atoms with E-state index in [1.165, 1.54) is 32.1 Å². The van der Waals surface area contributed by atoms with E-state index in [9.17, 15) is 0 Å². The molecular formula is C14H28OSi. The quantitative estimate of drug-likeness (QED) is 0.642. The van der Waals surface area contributed by atoms with Gasteiger partial charge in [-0.15, -0.1) is 0 Å². The Morgan fingerprint density at radius 2 is 1.69 bits per heavy atom. The predicted molar refractivity (Wildman–Crippen MR) is 72.1 cm³/mol. The van der Waals surface area contributed by atoms with Gasteiger partial charge in [-0.25, -0.2) is 0 Å². The van der Waals surface area contributed by atoms with Crippen LogP contribution >= 0.6 is 0 Å². The molecule has 2 saturated carbocycles. The topological polar surface area (TPSA) is 9.23 Å². The third kappa shape index (κ3) is 2.24. The van der Waals surface area contributed by atoms with Gasteiger partial charge in [0.15, 0.2) is 8.32 Å². The summed E-state index contributed by atoms with van der Waals surface area (Å²) < 4.78 is 6.62. The molecule has 3 unspecified atom stereocenters. The van der Waals surface area contributed by atoms with E-state index in [0.29, 0.717) is 11.1 Å². The lowest BCUT2D eigenvalue weighted by atomic mass is 9.99. The van der Waals surface area contributed by atoms with E-state index in [1.54, 1.807) is 0 Å². The van der Waals surface area contributed by atoms with Gasteiger partial charge in [-0.3, -0.25) is 0 Å². The molecule has 2 rings (SSSR count). The molecule has 0 spiro atoms. The fourth-order valence-corrected chi connectivity index (χ4v) is 4.61. The van der Waals surface area contributed by atoms with Gasteiger partial charge >= 0.3 is 0 Å². The van der Waals surface area contributed by atoms with Crippen molar-refractivity contribution < 1.29 is 4.43 Å². The molecular weight excluding hydrogens is 212 g/mol. The van der Waals surface area contributed by atoms with Gasteiger partial charge < -0.3 is 4.43 Å². The summed E-state index contributed by atoms with van der Waals surface area (Å²) in [5.74, 6) is 1.92. The van der Waals surface area contributed by atoms with Crippen LogP contribution in [0.5, 0.6) is 0 Å². The van der Waals surface area contributed by atoms with Crippen molar-refractivity contribution in [3.05, 3.63) is 0 Å². The van der Waals surface area contributed by atoms with Crippen molar-refractivity contribution in [2.24, 2.45) is 11.8 Å². The van der Waals surface area contributed by atoms with Crippen LogP contribution < -0.4 is 0 Å². The van der Waals surface area contributed by atoms with E-state index in [4.69, 9.17) is 4.43 Å². The van der Waals surface area contributed by atoms with E-state index in [-0.39, 0.29) is 0 Å². The molecule has 94 valence electrons. The number of hydrogen-bond acceptors (Lipinski definition) is 1. The second-order valence-electron chi connectivity index (χ2n) is 7.35. The Labute approximate surface area is 102 Å². The molecule has 1 nitrogen and oxygen atoms in total. The predicted octanol–water partition coefficient (Wildman–Crippen LogP) is 4.59. The Hall–Kier alpha value is 0.177. The Bertz CT molecular complexity index is 254. The zero-order chi connectivity index (χ0) is 12.0. The van der Waals surface area contributed by atoms with Crippen molar-refractivity contribution in [3.63, 3.8) is 0 Å². The van der Waals surface area contributed by atoms with Gasteiger partial charge in [0.05, 0.1) is 0 Å². The van der Waals surface area contributed by atoms with Crippen LogP contribution in [0, 0.1) is 11.8 Å². The minimum atomic E-state index is -1.53. The molecule has 2 aliphatic rings. The number of fused-ring (bicyclic) bond motifs is 1. The van der Waals surface area contributed by atoms with Crippen molar-refractivity contribution in [3.8, 4) is 0 Å². The molecule has 0 aromatic rings. The first-order chi connectivity index (χ1) is 7.31. The average Bonchev–Trinajstić information content (AvgIpc) is 2.67. The van der Waals surface area contributed by atoms with E-state index in [0.717, 1.165) is 11.8 Å². The summed E-state index contributed by atoms with van der Waals surface area (Å²) in [4.78, 5) is 0. The second kappa shape index (κ2) is 4.13. The van der Waals surface area contributed by atoms with Gasteiger partial charge in [-0.2, -0.15) is 0 Å². The highest BCUT2D eigenvalue weighted by Crippen LogP contribution is 2.48. The molecule has 2 aliphatic carbocycles. The van der Waals surface area contributed by atoms with Gasteiger partial charge in [0.2, 0.25) is 0 Å². The summed E-state index contributed by atoms with van der Waals surface area (Å²) in [5.41, 5.74) is 0. The molecule has 0 aromatic carbocycles. The molecule has 0 aliphatic heterocycles. The van der Waals surface area contributed by atoms with Crippen molar-refractivity contribution >= 4 is 8.32 Å². The Kier molecular flexibility index (Phi) is 3.26. The third-order valence-electron chi connectivity index (χ3n) is 5.27. The van der Waals surface area contributed by atoms with E-state index >= 15 is 0 Å². The highest BCUT2D eigenvalue weighted by atomic mass is 28.4. The fraction of sp³-hybridized carbons (Fsp3) is 1.00. The lowest BCUT2D eigenvalue weighted by molar-refractivity contribution is 0.134. The van der Waals surface area contributed by atoms with E-state index < -0.39 is 8.32 Å². The van der Waals surface area contributed by atoms with Gasteiger partial charge in [0.25, 0.3) is 0 Å². The molecule has 2 fully saturated rings. The highest BCUT2D eigenvalue weighted by Gasteiger charge is 2.45. The lowest BCUT2D eigenvalue weighted by Crippen LogP contribution is -2.44. The maximum absolute atomic E-state index is 6.62. The largest absolute Gasteiger partial charge is 0.414 e. The van der Waals surface area contributed by atoms with E-state index in [1.807, 2.05) is 0 Å². The first-order valence-corrected chi connectivity index (χ1v) is 9.90. The molecule has 0 heterocycles. The van der Waals surface area contributed by atoms with Crippen LogP contribution in [0.4, 0.5) is 0 Å². The normalized spacial score (nSPS) is 35.4. The number of rotatable bonds is 2. The SMILES string of the molecule is CC(C)(C)[Si](C)(C)OC1CCC2CCCC21. The Morgan fingerprint density at radius 3 is 2.31 bits per heavy atom. The molecule has 0 aromatic heterocycles. The summed E-state index contributed by atoms with van der Waals surface area (Å²) >= 11 is 0. The van der Waals surface area contributed by atoms with Crippen LogP contribution in [0.25, 0.3) is 0 Å². The molecule has 0 N–H and O–H groups in total. The van der Waals surface area contributed by atoms with Gasteiger partial charge in [-0.05, 0) is 49.2 Å². The van der Waals surface area contributed by atoms with Crippen molar-refractivity contribution in [2.75, 3.05) is 0 Å². The highest BCUT2D eigenvalue weighted by molar-refractivity contribution is 6.74. The van der Waals surface area contributed by atoms with Crippen LogP contribution in [0.15, 0.2) is 0 Å². The zero-order valence-corrected chi connectivity index (χ0v) is 12.7. The third-order valence-corrected chi connectivity index (χ3v) is 9.77.